The lowest BCUT2D eigenvalue weighted by molar-refractivity contribution is 0.620. The molecule has 0 nitrogen and oxygen atoms in total. The van der Waals surface area contributed by atoms with Crippen LogP contribution in [0.25, 0.3) is 0 Å². The fourth-order valence-electron chi connectivity index (χ4n) is 0.941. The zero-order valence-electron chi connectivity index (χ0n) is 8.09. The average Bonchev–Trinajstić information content (AvgIpc) is 1.87. The maximum atomic E-state index is 2.31. The highest BCUT2D eigenvalue weighted by atomic mass is 32.2. The molecule has 0 aliphatic heterocycles. The summed E-state index contributed by atoms with van der Waals surface area (Å²) in [5.74, 6) is 3.35. The van der Waals surface area contributed by atoms with Gasteiger partial charge in [-0.05, 0) is 23.8 Å². The third-order valence-electron chi connectivity index (χ3n) is 1.37. The minimum absolute atomic E-state index is 0.838. The van der Waals surface area contributed by atoms with E-state index in [1.54, 1.807) is 0 Å². The molecule has 0 atom stereocenters. The van der Waals surface area contributed by atoms with Crippen LogP contribution in [0.1, 0.15) is 34.1 Å². The molecule has 0 spiro atoms. The zero-order chi connectivity index (χ0) is 8.69. The Labute approximate surface area is 79.9 Å². The predicted molar refractivity (Wildman–Crippen MR) is 59.5 cm³/mol. The lowest BCUT2D eigenvalue weighted by Crippen LogP contribution is -2.03. The van der Waals surface area contributed by atoms with Crippen molar-refractivity contribution >= 4 is 23.5 Å². The van der Waals surface area contributed by atoms with Crippen molar-refractivity contribution in [3.8, 4) is 0 Å². The summed E-state index contributed by atoms with van der Waals surface area (Å²) in [5.41, 5.74) is 0. The molecule has 0 radical (unpaired) electrons. The third kappa shape index (κ3) is 7.07. The second-order valence-electron chi connectivity index (χ2n) is 2.97. The molecule has 0 aromatic heterocycles. The molecule has 0 aromatic carbocycles. The van der Waals surface area contributed by atoms with E-state index in [1.165, 1.54) is 17.9 Å². The van der Waals surface area contributed by atoms with Crippen LogP contribution in [0.2, 0.25) is 0 Å². The molecule has 0 saturated heterocycles. The molecule has 0 amide bonds. The molecule has 11 heavy (non-hydrogen) atoms. The summed E-state index contributed by atoms with van der Waals surface area (Å²) in [7, 11) is 0. The lowest BCUT2D eigenvalue weighted by Gasteiger charge is -2.16. The Bertz CT molecular complexity index is 75.6. The quantitative estimate of drug-likeness (QED) is 0.586. The molecular weight excluding hydrogens is 172 g/mol. The average molecular weight is 192 g/mol. The molecule has 0 heterocycles. The van der Waals surface area contributed by atoms with E-state index in [2.05, 4.69) is 51.2 Å². The van der Waals surface area contributed by atoms with Gasteiger partial charge in [-0.25, -0.2) is 0 Å². The molecule has 2 heteroatoms. The topological polar surface area (TPSA) is 0 Å². The normalized spacial score (nSPS) is 11.5. The van der Waals surface area contributed by atoms with E-state index in [1.807, 2.05) is 0 Å². The van der Waals surface area contributed by atoms with Gasteiger partial charge < -0.3 is 0 Å². The highest BCUT2D eigenvalue weighted by Gasteiger charge is 2.09. The van der Waals surface area contributed by atoms with Gasteiger partial charge in [0, 0.05) is 0 Å². The SMILES string of the molecule is CCSC(CC(C)C)SCC. The van der Waals surface area contributed by atoms with E-state index in [4.69, 9.17) is 0 Å². The fourth-order valence-corrected chi connectivity index (χ4v) is 3.93. The van der Waals surface area contributed by atoms with Gasteiger partial charge in [0.2, 0.25) is 0 Å². The van der Waals surface area contributed by atoms with Gasteiger partial charge in [0.25, 0.3) is 0 Å². The van der Waals surface area contributed by atoms with Gasteiger partial charge in [0.05, 0.1) is 4.58 Å². The molecule has 0 rings (SSSR count). The third-order valence-corrected chi connectivity index (χ3v) is 3.98. The predicted octanol–water partition coefficient (Wildman–Crippen LogP) is 3.86. The largest absolute Gasteiger partial charge is 0.148 e. The summed E-state index contributed by atoms with van der Waals surface area (Å²) in [4.78, 5) is 0. The monoisotopic (exact) mass is 192 g/mol. The van der Waals surface area contributed by atoms with Crippen molar-refractivity contribution in [3.63, 3.8) is 0 Å². The molecule has 0 aromatic rings. The van der Waals surface area contributed by atoms with Crippen molar-refractivity contribution in [2.45, 2.75) is 38.7 Å². The van der Waals surface area contributed by atoms with E-state index >= 15 is 0 Å². The number of thioether (sulfide) groups is 2. The highest BCUT2D eigenvalue weighted by molar-refractivity contribution is 8.16. The van der Waals surface area contributed by atoms with Gasteiger partial charge in [-0.15, -0.1) is 23.5 Å². The van der Waals surface area contributed by atoms with E-state index in [9.17, 15) is 0 Å². The van der Waals surface area contributed by atoms with Crippen molar-refractivity contribution in [2.75, 3.05) is 11.5 Å². The van der Waals surface area contributed by atoms with E-state index in [0.717, 1.165) is 10.5 Å². The van der Waals surface area contributed by atoms with Gasteiger partial charge >= 0.3 is 0 Å². The van der Waals surface area contributed by atoms with Gasteiger partial charge in [-0.2, -0.15) is 0 Å². The Kier molecular flexibility index (Phi) is 7.82. The molecule has 68 valence electrons. The van der Waals surface area contributed by atoms with Crippen molar-refractivity contribution in [1.82, 2.24) is 0 Å². The molecule has 0 unspecified atom stereocenters. The molecule has 0 aliphatic carbocycles. The fraction of sp³-hybridized carbons (Fsp3) is 1.00. The summed E-state index contributed by atoms with van der Waals surface area (Å²) in [6, 6.07) is 0. The van der Waals surface area contributed by atoms with Crippen LogP contribution >= 0.6 is 23.5 Å². The number of hydrogen-bond acceptors (Lipinski definition) is 2. The minimum atomic E-state index is 0.838. The Morgan fingerprint density at radius 1 is 1.00 bits per heavy atom. The van der Waals surface area contributed by atoms with Gasteiger partial charge in [-0.3, -0.25) is 0 Å². The summed E-state index contributed by atoms with van der Waals surface area (Å²) in [5, 5.41) is 0. The van der Waals surface area contributed by atoms with Crippen LogP contribution < -0.4 is 0 Å². The van der Waals surface area contributed by atoms with E-state index in [-0.39, 0.29) is 0 Å². The van der Waals surface area contributed by atoms with Crippen molar-refractivity contribution in [1.29, 1.82) is 0 Å². The Balaban J connectivity index is 3.50. The molecule has 0 aliphatic rings. The first-order chi connectivity index (χ1) is 5.20. The van der Waals surface area contributed by atoms with Crippen LogP contribution in [0.4, 0.5) is 0 Å². The number of hydrogen-bond donors (Lipinski definition) is 0. The zero-order valence-corrected chi connectivity index (χ0v) is 9.73. The first kappa shape index (κ1) is 11.7. The van der Waals surface area contributed by atoms with Crippen molar-refractivity contribution < 1.29 is 0 Å². The van der Waals surface area contributed by atoms with Gasteiger partial charge in [0.15, 0.2) is 0 Å². The second kappa shape index (κ2) is 7.35. The Morgan fingerprint density at radius 3 is 1.73 bits per heavy atom. The summed E-state index contributed by atoms with van der Waals surface area (Å²) in [6.07, 6.45) is 1.36. The van der Waals surface area contributed by atoms with Gasteiger partial charge in [-0.1, -0.05) is 27.7 Å². The van der Waals surface area contributed by atoms with Crippen LogP contribution in [0, 0.1) is 5.92 Å². The van der Waals surface area contributed by atoms with Crippen LogP contribution in [0.5, 0.6) is 0 Å². The second-order valence-corrected chi connectivity index (χ2v) is 6.23. The van der Waals surface area contributed by atoms with E-state index in [0.29, 0.717) is 0 Å². The molecule has 0 N–H and O–H groups in total. The first-order valence-electron chi connectivity index (χ1n) is 4.43. The van der Waals surface area contributed by atoms with Crippen molar-refractivity contribution in [2.24, 2.45) is 5.92 Å². The van der Waals surface area contributed by atoms with Crippen LogP contribution in [-0.4, -0.2) is 16.1 Å². The van der Waals surface area contributed by atoms with Crippen LogP contribution in [-0.2, 0) is 0 Å². The smallest absolute Gasteiger partial charge is 0.0504 e. The summed E-state index contributed by atoms with van der Waals surface area (Å²) >= 11 is 4.18. The first-order valence-corrected chi connectivity index (χ1v) is 6.53. The molecular formula is C9H20S2. The maximum Gasteiger partial charge on any atom is 0.0504 e. The summed E-state index contributed by atoms with van der Waals surface area (Å²) < 4.78 is 0.838. The molecule has 0 bridgehead atoms. The van der Waals surface area contributed by atoms with Crippen molar-refractivity contribution in [3.05, 3.63) is 0 Å². The molecule has 0 saturated carbocycles. The Hall–Kier alpha value is 0.700. The standard InChI is InChI=1S/C9H20S2/c1-5-10-9(11-6-2)7-8(3)4/h8-9H,5-7H2,1-4H3. The molecule has 0 fully saturated rings. The maximum absolute atomic E-state index is 2.31. The lowest BCUT2D eigenvalue weighted by atomic mass is 10.2. The number of rotatable bonds is 6. The minimum Gasteiger partial charge on any atom is -0.148 e. The highest BCUT2D eigenvalue weighted by Crippen LogP contribution is 2.28. The van der Waals surface area contributed by atoms with Crippen LogP contribution in [0.15, 0.2) is 0 Å². The summed E-state index contributed by atoms with van der Waals surface area (Å²) in [6.45, 7) is 9.10. The Morgan fingerprint density at radius 2 is 1.45 bits per heavy atom. The van der Waals surface area contributed by atoms with Gasteiger partial charge in [0.1, 0.15) is 0 Å². The van der Waals surface area contributed by atoms with Crippen LogP contribution in [0.3, 0.4) is 0 Å². The van der Waals surface area contributed by atoms with E-state index < -0.39 is 0 Å².